The molecule has 30 heavy (non-hydrogen) atoms. The smallest absolute Gasteiger partial charge is 0.273 e. The number of halogens is 1. The number of carbonyl (C=O) groups is 2. The standard InChI is InChI=1S/C22H27BrN4O2S/c1-3-27-20(19(23)16(2)24-27)21(29)26-12-9-22(15-26)7-10-25(11-8-22)18(28)5-4-17-6-13-30-14-17/h4-6,13-14H,3,7-12,15H2,1-2H3/b5-4+. The minimum atomic E-state index is 0.0541. The Bertz CT molecular complexity index is 958. The third kappa shape index (κ3) is 4.12. The molecule has 0 N–H and O–H groups in total. The quantitative estimate of drug-likeness (QED) is 0.603. The van der Waals surface area contributed by atoms with Gasteiger partial charge in [0.1, 0.15) is 5.69 Å². The van der Waals surface area contributed by atoms with Crippen LogP contribution in [0.1, 0.15) is 47.9 Å². The highest BCUT2D eigenvalue weighted by atomic mass is 79.9. The summed E-state index contributed by atoms with van der Waals surface area (Å²) >= 11 is 5.18. The summed E-state index contributed by atoms with van der Waals surface area (Å²) in [6, 6.07) is 2.01. The number of piperidine rings is 1. The summed E-state index contributed by atoms with van der Waals surface area (Å²) in [5, 5.41) is 8.50. The van der Waals surface area contributed by atoms with Crippen molar-refractivity contribution in [3.8, 4) is 0 Å². The number of nitrogens with zero attached hydrogens (tertiary/aromatic N) is 4. The van der Waals surface area contributed by atoms with Gasteiger partial charge in [0.25, 0.3) is 5.91 Å². The van der Waals surface area contributed by atoms with Gasteiger partial charge in [-0.3, -0.25) is 14.3 Å². The van der Waals surface area contributed by atoms with Crippen LogP contribution in [0.4, 0.5) is 0 Å². The molecule has 0 bridgehead atoms. The van der Waals surface area contributed by atoms with Crippen molar-refractivity contribution in [2.75, 3.05) is 26.2 Å². The van der Waals surface area contributed by atoms with Gasteiger partial charge in [-0.25, -0.2) is 0 Å². The zero-order chi connectivity index (χ0) is 21.3. The molecule has 4 heterocycles. The van der Waals surface area contributed by atoms with Crippen molar-refractivity contribution < 1.29 is 9.59 Å². The third-order valence-electron chi connectivity index (χ3n) is 6.38. The van der Waals surface area contributed by atoms with Crippen LogP contribution in [0.2, 0.25) is 0 Å². The molecule has 2 aliphatic rings. The summed E-state index contributed by atoms with van der Waals surface area (Å²) in [5.41, 5.74) is 2.69. The van der Waals surface area contributed by atoms with E-state index in [4.69, 9.17) is 0 Å². The highest BCUT2D eigenvalue weighted by Gasteiger charge is 2.43. The van der Waals surface area contributed by atoms with Crippen molar-refractivity contribution in [3.63, 3.8) is 0 Å². The van der Waals surface area contributed by atoms with Gasteiger partial charge in [-0.1, -0.05) is 0 Å². The number of hydrogen-bond donors (Lipinski definition) is 0. The van der Waals surface area contributed by atoms with Crippen LogP contribution in [0.3, 0.4) is 0 Å². The topological polar surface area (TPSA) is 58.4 Å². The van der Waals surface area contributed by atoms with Gasteiger partial charge in [-0.2, -0.15) is 16.4 Å². The minimum Gasteiger partial charge on any atom is -0.339 e. The van der Waals surface area contributed by atoms with Crippen LogP contribution in [-0.4, -0.2) is 57.6 Å². The molecule has 0 aliphatic carbocycles. The van der Waals surface area contributed by atoms with Gasteiger partial charge in [-0.15, -0.1) is 0 Å². The summed E-state index contributed by atoms with van der Waals surface area (Å²) in [5.74, 6) is 0.131. The van der Waals surface area contributed by atoms with Gasteiger partial charge in [0.15, 0.2) is 0 Å². The lowest BCUT2D eigenvalue weighted by Gasteiger charge is -2.39. The molecule has 2 saturated heterocycles. The third-order valence-corrected chi connectivity index (χ3v) is 8.03. The molecule has 6 nitrogen and oxygen atoms in total. The second-order valence-electron chi connectivity index (χ2n) is 8.26. The molecule has 2 aromatic rings. The number of aromatic nitrogens is 2. The zero-order valence-electron chi connectivity index (χ0n) is 17.4. The van der Waals surface area contributed by atoms with Gasteiger partial charge in [0, 0.05) is 38.8 Å². The number of hydrogen-bond acceptors (Lipinski definition) is 4. The number of carbonyl (C=O) groups excluding carboxylic acids is 2. The second-order valence-corrected chi connectivity index (χ2v) is 9.83. The summed E-state index contributed by atoms with van der Waals surface area (Å²) in [7, 11) is 0. The normalized spacial score (nSPS) is 18.6. The molecule has 0 unspecified atom stereocenters. The van der Waals surface area contributed by atoms with Crippen LogP contribution in [0.15, 0.2) is 27.4 Å². The van der Waals surface area contributed by atoms with Crippen LogP contribution >= 0.6 is 27.3 Å². The Kier molecular flexibility index (Phi) is 6.16. The summed E-state index contributed by atoms with van der Waals surface area (Å²) in [6.07, 6.45) is 6.46. The van der Waals surface area contributed by atoms with E-state index in [9.17, 15) is 9.59 Å². The monoisotopic (exact) mass is 490 g/mol. The predicted molar refractivity (Wildman–Crippen MR) is 122 cm³/mol. The van der Waals surface area contributed by atoms with Gasteiger partial charge in [0.2, 0.25) is 5.91 Å². The lowest BCUT2D eigenvalue weighted by Crippen LogP contribution is -2.44. The molecule has 2 aromatic heterocycles. The molecular weight excluding hydrogens is 464 g/mol. The van der Waals surface area contributed by atoms with Crippen LogP contribution in [0.5, 0.6) is 0 Å². The Hall–Kier alpha value is -1.93. The fourth-order valence-corrected chi connectivity index (χ4v) is 5.59. The Labute approximate surface area is 189 Å². The number of rotatable bonds is 4. The van der Waals surface area contributed by atoms with Crippen molar-refractivity contribution >= 4 is 45.2 Å². The molecule has 2 fully saturated rings. The Balaban J connectivity index is 1.37. The Morgan fingerprint density at radius 2 is 1.93 bits per heavy atom. The first-order valence-corrected chi connectivity index (χ1v) is 12.2. The molecule has 2 aliphatic heterocycles. The average Bonchev–Trinajstić information content (AvgIpc) is 3.47. The molecule has 0 saturated carbocycles. The summed E-state index contributed by atoms with van der Waals surface area (Å²) in [6.45, 7) is 7.63. The molecule has 8 heteroatoms. The highest BCUT2D eigenvalue weighted by molar-refractivity contribution is 9.10. The minimum absolute atomic E-state index is 0.0541. The van der Waals surface area contributed by atoms with Gasteiger partial charge in [-0.05, 0) is 82.9 Å². The average molecular weight is 491 g/mol. The predicted octanol–water partition coefficient (Wildman–Crippen LogP) is 4.20. The number of amides is 2. The number of likely N-dealkylation sites (tertiary alicyclic amines) is 2. The Morgan fingerprint density at radius 3 is 2.57 bits per heavy atom. The van der Waals surface area contributed by atoms with Crippen molar-refractivity contribution in [3.05, 3.63) is 44.3 Å². The van der Waals surface area contributed by atoms with E-state index in [-0.39, 0.29) is 17.2 Å². The fourth-order valence-electron chi connectivity index (χ4n) is 4.50. The Morgan fingerprint density at radius 1 is 1.23 bits per heavy atom. The SMILES string of the molecule is CCn1nc(C)c(Br)c1C(=O)N1CCC2(CCN(C(=O)/C=C/c3ccsc3)CC2)C1. The lowest BCUT2D eigenvalue weighted by atomic mass is 9.78. The lowest BCUT2D eigenvalue weighted by molar-refractivity contribution is -0.128. The van der Waals surface area contributed by atoms with Crippen molar-refractivity contribution in [2.24, 2.45) is 5.41 Å². The van der Waals surface area contributed by atoms with E-state index in [0.29, 0.717) is 12.2 Å². The van der Waals surface area contributed by atoms with E-state index < -0.39 is 0 Å². The van der Waals surface area contributed by atoms with E-state index in [1.54, 1.807) is 22.1 Å². The molecule has 2 amide bonds. The van der Waals surface area contributed by atoms with Crippen molar-refractivity contribution in [2.45, 2.75) is 39.7 Å². The molecular formula is C22H27BrN4O2S. The van der Waals surface area contributed by atoms with Crippen LogP contribution in [0.25, 0.3) is 6.08 Å². The summed E-state index contributed by atoms with van der Waals surface area (Å²) in [4.78, 5) is 29.7. The van der Waals surface area contributed by atoms with Crippen LogP contribution in [-0.2, 0) is 11.3 Å². The summed E-state index contributed by atoms with van der Waals surface area (Å²) < 4.78 is 2.58. The largest absolute Gasteiger partial charge is 0.339 e. The number of thiophene rings is 1. The van der Waals surface area contributed by atoms with Crippen LogP contribution < -0.4 is 0 Å². The maximum atomic E-state index is 13.2. The molecule has 1 spiro atoms. The van der Waals surface area contributed by atoms with E-state index in [1.807, 2.05) is 46.5 Å². The maximum absolute atomic E-state index is 13.2. The van der Waals surface area contributed by atoms with Crippen molar-refractivity contribution in [1.29, 1.82) is 0 Å². The first kappa shape index (κ1) is 21.3. The molecule has 0 radical (unpaired) electrons. The molecule has 160 valence electrons. The van der Waals surface area contributed by atoms with Gasteiger partial charge in [0.05, 0.1) is 10.2 Å². The van der Waals surface area contributed by atoms with Gasteiger partial charge >= 0.3 is 0 Å². The maximum Gasteiger partial charge on any atom is 0.273 e. The van der Waals surface area contributed by atoms with Gasteiger partial charge < -0.3 is 9.80 Å². The molecule has 0 atom stereocenters. The fraction of sp³-hybridized carbons (Fsp3) is 0.500. The first-order valence-electron chi connectivity index (χ1n) is 10.4. The van der Waals surface area contributed by atoms with Crippen molar-refractivity contribution in [1.82, 2.24) is 19.6 Å². The highest BCUT2D eigenvalue weighted by Crippen LogP contribution is 2.41. The van der Waals surface area contributed by atoms with E-state index in [0.717, 1.165) is 61.2 Å². The van der Waals surface area contributed by atoms with Crippen LogP contribution in [0, 0.1) is 12.3 Å². The first-order chi connectivity index (χ1) is 14.4. The van der Waals surface area contributed by atoms with E-state index in [2.05, 4.69) is 21.0 Å². The van der Waals surface area contributed by atoms with E-state index >= 15 is 0 Å². The molecule has 0 aromatic carbocycles. The number of aryl methyl sites for hydroxylation is 2. The molecule has 4 rings (SSSR count). The zero-order valence-corrected chi connectivity index (χ0v) is 19.8. The van der Waals surface area contributed by atoms with E-state index in [1.165, 1.54) is 0 Å². The second kappa shape index (κ2) is 8.67.